The van der Waals surface area contributed by atoms with E-state index < -0.39 is 10.0 Å². The lowest BCUT2D eigenvalue weighted by molar-refractivity contribution is 0.601. The van der Waals surface area contributed by atoms with Crippen LogP contribution >= 0.6 is 15.9 Å². The molecular formula is C15H13BrN2O2S. The molecule has 0 aliphatic rings. The molecule has 2 aromatic carbocycles. The van der Waals surface area contributed by atoms with Crippen molar-refractivity contribution in [1.29, 1.82) is 5.26 Å². The van der Waals surface area contributed by atoms with Crippen LogP contribution in [0.2, 0.25) is 0 Å². The minimum Gasteiger partial charge on any atom is -0.279 e. The van der Waals surface area contributed by atoms with Crippen LogP contribution in [-0.4, -0.2) is 8.42 Å². The fourth-order valence-corrected chi connectivity index (χ4v) is 3.29. The van der Waals surface area contributed by atoms with E-state index in [1.165, 1.54) is 12.1 Å². The Labute approximate surface area is 132 Å². The maximum Gasteiger partial charge on any atom is 0.261 e. The van der Waals surface area contributed by atoms with Crippen molar-refractivity contribution in [3.8, 4) is 6.07 Å². The molecule has 0 amide bonds. The molecule has 0 aliphatic carbocycles. The second-order valence-electron chi connectivity index (χ2n) is 4.50. The van der Waals surface area contributed by atoms with E-state index >= 15 is 0 Å². The zero-order valence-electron chi connectivity index (χ0n) is 11.3. The number of halogens is 1. The number of nitrogens with one attached hydrogen (secondary N) is 1. The smallest absolute Gasteiger partial charge is 0.261 e. The number of rotatable bonds is 4. The SMILES string of the molecule is Cc1c(Br)cccc1NS(=O)(=O)c1ccc(CC#N)cc1. The number of sulfonamides is 1. The van der Waals surface area contributed by atoms with Gasteiger partial charge in [0, 0.05) is 4.47 Å². The summed E-state index contributed by atoms with van der Waals surface area (Å²) < 4.78 is 28.1. The summed E-state index contributed by atoms with van der Waals surface area (Å²) in [5.74, 6) is 0. The molecule has 0 unspecified atom stereocenters. The lowest BCUT2D eigenvalue weighted by atomic mass is 10.2. The molecule has 0 bridgehead atoms. The van der Waals surface area contributed by atoms with E-state index in [-0.39, 0.29) is 11.3 Å². The summed E-state index contributed by atoms with van der Waals surface area (Å²) in [6.45, 7) is 1.83. The second-order valence-corrected chi connectivity index (χ2v) is 7.03. The van der Waals surface area contributed by atoms with E-state index in [0.29, 0.717) is 5.69 Å². The van der Waals surface area contributed by atoms with Crippen LogP contribution in [0.5, 0.6) is 0 Å². The standard InChI is InChI=1S/C15H13BrN2O2S/c1-11-14(16)3-2-4-15(11)18-21(19,20)13-7-5-12(6-8-13)9-10-17/h2-8,18H,9H2,1H3. The lowest BCUT2D eigenvalue weighted by Gasteiger charge is -2.11. The van der Waals surface area contributed by atoms with E-state index in [1.54, 1.807) is 24.3 Å². The zero-order valence-corrected chi connectivity index (χ0v) is 13.7. The summed E-state index contributed by atoms with van der Waals surface area (Å²) in [4.78, 5) is 0.170. The van der Waals surface area contributed by atoms with Crippen molar-refractivity contribution < 1.29 is 8.42 Å². The first-order chi connectivity index (χ1) is 9.94. The zero-order chi connectivity index (χ0) is 15.5. The average molecular weight is 365 g/mol. The number of anilines is 1. The maximum absolute atomic E-state index is 12.3. The van der Waals surface area contributed by atoms with Gasteiger partial charge < -0.3 is 0 Å². The molecule has 108 valence electrons. The third-order valence-electron chi connectivity index (χ3n) is 3.03. The molecule has 6 heteroatoms. The summed E-state index contributed by atoms with van der Waals surface area (Å²) >= 11 is 3.37. The molecule has 0 aliphatic heterocycles. The number of nitrogens with zero attached hydrogens (tertiary/aromatic N) is 1. The molecule has 0 saturated heterocycles. The van der Waals surface area contributed by atoms with Gasteiger partial charge in [0.2, 0.25) is 0 Å². The van der Waals surface area contributed by atoms with Gasteiger partial charge in [-0.25, -0.2) is 8.42 Å². The summed E-state index contributed by atoms with van der Waals surface area (Å²) in [6.07, 6.45) is 0.262. The molecule has 0 saturated carbocycles. The lowest BCUT2D eigenvalue weighted by Crippen LogP contribution is -2.13. The van der Waals surface area contributed by atoms with Gasteiger partial charge in [-0.3, -0.25) is 4.72 Å². The van der Waals surface area contributed by atoms with Crippen molar-refractivity contribution >= 4 is 31.6 Å². The highest BCUT2D eigenvalue weighted by molar-refractivity contribution is 9.10. The predicted octanol–water partition coefficient (Wildman–Crippen LogP) is 3.62. The Bertz CT molecular complexity index is 793. The van der Waals surface area contributed by atoms with Gasteiger partial charge in [-0.2, -0.15) is 5.26 Å². The van der Waals surface area contributed by atoms with E-state index in [9.17, 15) is 8.42 Å². The fraction of sp³-hybridized carbons (Fsp3) is 0.133. The molecule has 0 atom stereocenters. The molecule has 1 N–H and O–H groups in total. The Kier molecular flexibility index (Phi) is 4.66. The minimum atomic E-state index is -3.64. The fourth-order valence-electron chi connectivity index (χ4n) is 1.80. The van der Waals surface area contributed by atoms with Crippen molar-refractivity contribution in [2.24, 2.45) is 0 Å². The first kappa shape index (κ1) is 15.5. The highest BCUT2D eigenvalue weighted by atomic mass is 79.9. The summed E-state index contributed by atoms with van der Waals surface area (Å²) in [7, 11) is -3.64. The normalized spacial score (nSPS) is 10.9. The van der Waals surface area contributed by atoms with Gasteiger partial charge in [-0.1, -0.05) is 34.1 Å². The molecular weight excluding hydrogens is 352 g/mol. The first-order valence-electron chi connectivity index (χ1n) is 6.18. The number of nitriles is 1. The van der Waals surface area contributed by atoms with Crippen LogP contribution in [0.25, 0.3) is 0 Å². The van der Waals surface area contributed by atoms with Crippen LogP contribution in [-0.2, 0) is 16.4 Å². The van der Waals surface area contributed by atoms with Crippen molar-refractivity contribution in [3.63, 3.8) is 0 Å². The maximum atomic E-state index is 12.3. The Morgan fingerprint density at radius 1 is 1.19 bits per heavy atom. The Morgan fingerprint density at radius 2 is 1.86 bits per heavy atom. The van der Waals surface area contributed by atoms with Crippen molar-refractivity contribution in [1.82, 2.24) is 0 Å². The van der Waals surface area contributed by atoms with E-state index in [0.717, 1.165) is 15.6 Å². The van der Waals surface area contributed by atoms with Crippen LogP contribution in [0.3, 0.4) is 0 Å². The van der Waals surface area contributed by atoms with Crippen LogP contribution < -0.4 is 4.72 Å². The van der Waals surface area contributed by atoms with E-state index in [4.69, 9.17) is 5.26 Å². The van der Waals surface area contributed by atoms with Gasteiger partial charge in [0.1, 0.15) is 0 Å². The molecule has 2 rings (SSSR count). The quantitative estimate of drug-likeness (QED) is 0.900. The molecule has 0 radical (unpaired) electrons. The average Bonchev–Trinajstić information content (AvgIpc) is 2.45. The van der Waals surface area contributed by atoms with Crippen LogP contribution in [0, 0.1) is 18.3 Å². The van der Waals surface area contributed by atoms with Gasteiger partial charge in [-0.05, 0) is 42.3 Å². The topological polar surface area (TPSA) is 70.0 Å². The van der Waals surface area contributed by atoms with E-state index in [2.05, 4.69) is 20.7 Å². The van der Waals surface area contributed by atoms with Gasteiger partial charge in [0.25, 0.3) is 10.0 Å². The van der Waals surface area contributed by atoms with Gasteiger partial charge in [0.05, 0.1) is 23.1 Å². The first-order valence-corrected chi connectivity index (χ1v) is 8.45. The van der Waals surface area contributed by atoms with Gasteiger partial charge >= 0.3 is 0 Å². The van der Waals surface area contributed by atoms with Crippen molar-refractivity contribution in [2.75, 3.05) is 4.72 Å². The highest BCUT2D eigenvalue weighted by Crippen LogP contribution is 2.25. The number of hydrogen-bond acceptors (Lipinski definition) is 3. The number of benzene rings is 2. The number of hydrogen-bond donors (Lipinski definition) is 1. The molecule has 0 spiro atoms. The van der Waals surface area contributed by atoms with E-state index in [1.807, 2.05) is 19.1 Å². The third-order valence-corrected chi connectivity index (χ3v) is 5.27. The second kappa shape index (κ2) is 6.29. The van der Waals surface area contributed by atoms with Crippen LogP contribution in [0.4, 0.5) is 5.69 Å². The minimum absolute atomic E-state index is 0.170. The molecule has 4 nitrogen and oxygen atoms in total. The summed E-state index contributed by atoms with van der Waals surface area (Å²) in [5, 5.41) is 8.62. The van der Waals surface area contributed by atoms with Crippen molar-refractivity contribution in [3.05, 3.63) is 58.1 Å². The predicted molar refractivity (Wildman–Crippen MR) is 85.4 cm³/mol. The molecule has 0 aromatic heterocycles. The molecule has 0 heterocycles. The van der Waals surface area contributed by atoms with Gasteiger partial charge in [0.15, 0.2) is 0 Å². The summed E-state index contributed by atoms with van der Waals surface area (Å²) in [6, 6.07) is 13.6. The Morgan fingerprint density at radius 3 is 2.48 bits per heavy atom. The van der Waals surface area contributed by atoms with Crippen LogP contribution in [0.15, 0.2) is 51.8 Å². The Balaban J connectivity index is 2.30. The van der Waals surface area contributed by atoms with Gasteiger partial charge in [-0.15, -0.1) is 0 Å². The monoisotopic (exact) mass is 364 g/mol. The molecule has 2 aromatic rings. The van der Waals surface area contributed by atoms with Crippen LogP contribution in [0.1, 0.15) is 11.1 Å². The molecule has 21 heavy (non-hydrogen) atoms. The largest absolute Gasteiger partial charge is 0.279 e. The molecule has 0 fully saturated rings. The summed E-state index contributed by atoms with van der Waals surface area (Å²) in [5.41, 5.74) is 2.14. The Hall–Kier alpha value is -1.84. The van der Waals surface area contributed by atoms with Crippen molar-refractivity contribution in [2.45, 2.75) is 18.2 Å². The highest BCUT2D eigenvalue weighted by Gasteiger charge is 2.15. The third kappa shape index (κ3) is 3.63.